The van der Waals surface area contributed by atoms with Crippen LogP contribution in [0.2, 0.25) is 0 Å². The summed E-state index contributed by atoms with van der Waals surface area (Å²) in [7, 11) is 0. The Bertz CT molecular complexity index is 151. The molecule has 0 bridgehead atoms. The van der Waals surface area contributed by atoms with Crippen molar-refractivity contribution in [3.05, 3.63) is 0 Å². The Labute approximate surface area is 68.0 Å². The first-order valence-electron chi connectivity index (χ1n) is 4.91. The second kappa shape index (κ2) is 2.20. The summed E-state index contributed by atoms with van der Waals surface area (Å²) in [4.78, 5) is 2.75. The Kier molecular flexibility index (Phi) is 1.29. The van der Waals surface area contributed by atoms with Gasteiger partial charge in [-0.15, -0.1) is 0 Å². The molecule has 3 atom stereocenters. The molecule has 0 radical (unpaired) electrons. The normalized spacial score (nSPS) is 49.6. The molecule has 0 aromatic heterocycles. The molecule has 3 aliphatic heterocycles. The molecule has 3 fully saturated rings. The zero-order valence-electron chi connectivity index (χ0n) is 6.92. The first-order valence-corrected chi connectivity index (χ1v) is 4.91. The molecule has 2 heteroatoms. The highest BCUT2D eigenvalue weighted by molar-refractivity contribution is 5.01. The second-order valence-electron chi connectivity index (χ2n) is 4.26. The maximum atomic E-state index is 3.50. The van der Waals surface area contributed by atoms with Crippen LogP contribution in [0.4, 0.5) is 0 Å². The van der Waals surface area contributed by atoms with Crippen molar-refractivity contribution in [2.45, 2.75) is 31.3 Å². The maximum Gasteiger partial charge on any atom is 0.0264 e. The quantitative estimate of drug-likeness (QED) is 0.542. The van der Waals surface area contributed by atoms with Gasteiger partial charge >= 0.3 is 0 Å². The number of hydrogen-bond donors (Lipinski definition) is 1. The van der Waals surface area contributed by atoms with Crippen LogP contribution in [0.1, 0.15) is 19.3 Å². The minimum atomic E-state index is 0.919. The summed E-state index contributed by atoms with van der Waals surface area (Å²) < 4.78 is 0. The zero-order valence-corrected chi connectivity index (χ0v) is 6.92. The number of fused-ring (bicyclic) bond motifs is 3. The third-order valence-electron chi connectivity index (χ3n) is 3.73. The van der Waals surface area contributed by atoms with E-state index in [1.807, 2.05) is 0 Å². The molecule has 0 spiro atoms. The molecule has 3 heterocycles. The van der Waals surface area contributed by atoms with Crippen molar-refractivity contribution in [3.63, 3.8) is 0 Å². The average molecular weight is 152 g/mol. The highest BCUT2D eigenvalue weighted by Gasteiger charge is 2.44. The Hall–Kier alpha value is -0.0800. The third-order valence-corrected chi connectivity index (χ3v) is 3.73. The number of rotatable bonds is 0. The van der Waals surface area contributed by atoms with Crippen molar-refractivity contribution in [1.82, 2.24) is 10.2 Å². The molecule has 3 aliphatic rings. The smallest absolute Gasteiger partial charge is 0.0264 e. The third kappa shape index (κ3) is 0.798. The van der Waals surface area contributed by atoms with E-state index in [0.29, 0.717) is 0 Å². The minimum absolute atomic E-state index is 0.919. The summed E-state index contributed by atoms with van der Waals surface area (Å²) in [5.41, 5.74) is 0. The van der Waals surface area contributed by atoms with Crippen LogP contribution in [0, 0.1) is 5.92 Å². The standard InChI is InChI=1S/C9H16N2/c1-2-8-4-7-5-10-6-9(7)11(8)3-1/h7-10H,1-6H2/t7-,8?,9+/m0/s1. The van der Waals surface area contributed by atoms with Crippen LogP contribution in [0.15, 0.2) is 0 Å². The van der Waals surface area contributed by atoms with E-state index >= 15 is 0 Å². The van der Waals surface area contributed by atoms with E-state index in [4.69, 9.17) is 0 Å². The molecular formula is C9H16N2. The van der Waals surface area contributed by atoms with Crippen molar-refractivity contribution >= 4 is 0 Å². The fourth-order valence-corrected chi connectivity index (χ4v) is 3.24. The van der Waals surface area contributed by atoms with E-state index in [0.717, 1.165) is 18.0 Å². The molecular weight excluding hydrogens is 136 g/mol. The lowest BCUT2D eigenvalue weighted by Gasteiger charge is -2.21. The van der Waals surface area contributed by atoms with Crippen molar-refractivity contribution in [3.8, 4) is 0 Å². The number of nitrogens with one attached hydrogen (secondary N) is 1. The van der Waals surface area contributed by atoms with Gasteiger partial charge < -0.3 is 5.32 Å². The molecule has 2 nitrogen and oxygen atoms in total. The van der Waals surface area contributed by atoms with Crippen LogP contribution in [-0.2, 0) is 0 Å². The Morgan fingerprint density at radius 2 is 2.27 bits per heavy atom. The van der Waals surface area contributed by atoms with Gasteiger partial charge in [0.1, 0.15) is 0 Å². The summed E-state index contributed by atoms with van der Waals surface area (Å²) in [5, 5.41) is 3.50. The van der Waals surface area contributed by atoms with E-state index < -0.39 is 0 Å². The molecule has 3 rings (SSSR count). The van der Waals surface area contributed by atoms with Crippen LogP contribution in [-0.4, -0.2) is 36.6 Å². The average Bonchev–Trinajstić information content (AvgIpc) is 2.52. The fraction of sp³-hybridized carbons (Fsp3) is 1.00. The Balaban J connectivity index is 1.84. The minimum Gasteiger partial charge on any atom is -0.315 e. The highest BCUT2D eigenvalue weighted by atomic mass is 15.3. The van der Waals surface area contributed by atoms with Crippen LogP contribution < -0.4 is 5.32 Å². The van der Waals surface area contributed by atoms with Crippen molar-refractivity contribution < 1.29 is 0 Å². The van der Waals surface area contributed by atoms with E-state index in [-0.39, 0.29) is 0 Å². The van der Waals surface area contributed by atoms with Gasteiger partial charge in [0.05, 0.1) is 0 Å². The van der Waals surface area contributed by atoms with E-state index in [2.05, 4.69) is 10.2 Å². The lowest BCUT2D eigenvalue weighted by atomic mass is 10.0. The molecule has 0 saturated carbocycles. The first kappa shape index (κ1) is 6.44. The molecule has 1 N–H and O–H groups in total. The van der Waals surface area contributed by atoms with Gasteiger partial charge in [0.2, 0.25) is 0 Å². The number of nitrogens with zero attached hydrogens (tertiary/aromatic N) is 1. The molecule has 0 amide bonds. The molecule has 1 unspecified atom stereocenters. The predicted octanol–water partition coefficient (Wildman–Crippen LogP) is 0.442. The fourth-order valence-electron chi connectivity index (χ4n) is 3.24. The van der Waals surface area contributed by atoms with Gasteiger partial charge in [-0.3, -0.25) is 4.90 Å². The van der Waals surface area contributed by atoms with Gasteiger partial charge in [0, 0.05) is 18.6 Å². The SMILES string of the molecule is C1CC2C[C@H]3CNC[C@H]3N2C1. The van der Waals surface area contributed by atoms with Gasteiger partial charge in [0.25, 0.3) is 0 Å². The maximum absolute atomic E-state index is 3.50. The molecule has 3 saturated heterocycles. The topological polar surface area (TPSA) is 15.3 Å². The van der Waals surface area contributed by atoms with Crippen molar-refractivity contribution in [2.75, 3.05) is 19.6 Å². The predicted molar refractivity (Wildman–Crippen MR) is 44.5 cm³/mol. The molecule has 11 heavy (non-hydrogen) atoms. The van der Waals surface area contributed by atoms with Gasteiger partial charge in [-0.1, -0.05) is 0 Å². The Morgan fingerprint density at radius 1 is 1.27 bits per heavy atom. The zero-order chi connectivity index (χ0) is 7.26. The monoisotopic (exact) mass is 152 g/mol. The summed E-state index contributed by atoms with van der Waals surface area (Å²) in [5.74, 6) is 1.00. The highest BCUT2D eigenvalue weighted by Crippen LogP contribution is 2.37. The van der Waals surface area contributed by atoms with E-state index in [1.54, 1.807) is 0 Å². The molecule has 62 valence electrons. The summed E-state index contributed by atoms with van der Waals surface area (Å²) in [6, 6.07) is 1.90. The largest absolute Gasteiger partial charge is 0.315 e. The van der Waals surface area contributed by atoms with Crippen molar-refractivity contribution in [1.29, 1.82) is 0 Å². The van der Waals surface area contributed by atoms with Gasteiger partial charge in [0.15, 0.2) is 0 Å². The second-order valence-corrected chi connectivity index (χ2v) is 4.26. The van der Waals surface area contributed by atoms with Crippen LogP contribution >= 0.6 is 0 Å². The lowest BCUT2D eigenvalue weighted by Crippen LogP contribution is -2.35. The van der Waals surface area contributed by atoms with Gasteiger partial charge in [-0.05, 0) is 38.3 Å². The molecule has 0 aliphatic carbocycles. The number of hydrogen-bond acceptors (Lipinski definition) is 2. The van der Waals surface area contributed by atoms with E-state index in [1.165, 1.54) is 38.9 Å². The van der Waals surface area contributed by atoms with Gasteiger partial charge in [-0.2, -0.15) is 0 Å². The Morgan fingerprint density at radius 3 is 3.27 bits per heavy atom. The van der Waals surface area contributed by atoms with Crippen LogP contribution in [0.3, 0.4) is 0 Å². The summed E-state index contributed by atoms with van der Waals surface area (Å²) in [6.07, 6.45) is 4.42. The van der Waals surface area contributed by atoms with Gasteiger partial charge in [-0.25, -0.2) is 0 Å². The molecule has 0 aromatic rings. The van der Waals surface area contributed by atoms with Crippen molar-refractivity contribution in [2.24, 2.45) is 5.92 Å². The van der Waals surface area contributed by atoms with E-state index in [9.17, 15) is 0 Å². The molecule has 0 aromatic carbocycles. The van der Waals surface area contributed by atoms with Crippen LogP contribution in [0.5, 0.6) is 0 Å². The van der Waals surface area contributed by atoms with Crippen LogP contribution in [0.25, 0.3) is 0 Å². The lowest BCUT2D eigenvalue weighted by molar-refractivity contribution is 0.246. The summed E-state index contributed by atoms with van der Waals surface area (Å²) in [6.45, 7) is 3.94. The summed E-state index contributed by atoms with van der Waals surface area (Å²) >= 11 is 0. The first-order chi connectivity index (χ1) is 5.45.